The van der Waals surface area contributed by atoms with Gasteiger partial charge in [0.1, 0.15) is 0 Å². The van der Waals surface area contributed by atoms with E-state index < -0.39 is 0 Å². The van der Waals surface area contributed by atoms with Crippen molar-refractivity contribution in [1.29, 1.82) is 0 Å². The number of thioether (sulfide) groups is 1. The molecule has 0 bridgehead atoms. The van der Waals surface area contributed by atoms with Crippen molar-refractivity contribution >= 4 is 51.6 Å². The molecule has 2 aromatic carbocycles. The van der Waals surface area contributed by atoms with Gasteiger partial charge in [-0.05, 0) is 30.2 Å². The van der Waals surface area contributed by atoms with Gasteiger partial charge in [0.05, 0.1) is 17.2 Å². The predicted octanol–water partition coefficient (Wildman–Crippen LogP) is 4.82. The summed E-state index contributed by atoms with van der Waals surface area (Å²) in [6.45, 7) is 1.98. The molecule has 7 heteroatoms. The molecule has 1 amide bonds. The molecular formula is C20H17ClN4OS. The SMILES string of the molecule is CCC1S/C(=N\N=C\c2c(-c3ccc(Cl)cc3)[nH]c3ccccc23)NC1=O. The van der Waals surface area contributed by atoms with Crippen molar-refractivity contribution in [2.75, 3.05) is 0 Å². The molecule has 2 heterocycles. The number of nitrogens with one attached hydrogen (secondary N) is 2. The van der Waals surface area contributed by atoms with E-state index in [0.717, 1.165) is 34.1 Å². The van der Waals surface area contributed by atoms with E-state index in [9.17, 15) is 4.79 Å². The molecule has 1 aliphatic rings. The van der Waals surface area contributed by atoms with Crippen LogP contribution in [0.15, 0.2) is 58.7 Å². The fourth-order valence-corrected chi connectivity index (χ4v) is 3.98. The van der Waals surface area contributed by atoms with Gasteiger partial charge in [0.15, 0.2) is 5.17 Å². The van der Waals surface area contributed by atoms with Crippen LogP contribution in [0.5, 0.6) is 0 Å². The lowest BCUT2D eigenvalue weighted by Gasteiger charge is -2.01. The summed E-state index contributed by atoms with van der Waals surface area (Å²) in [5, 5.41) is 13.4. The number of amides is 1. The summed E-state index contributed by atoms with van der Waals surface area (Å²) in [4.78, 5) is 15.2. The average Bonchev–Trinajstić information content (AvgIpc) is 3.23. The van der Waals surface area contributed by atoms with Crippen LogP contribution in [0.4, 0.5) is 0 Å². The van der Waals surface area contributed by atoms with Gasteiger partial charge in [0.2, 0.25) is 5.91 Å². The molecule has 0 aliphatic carbocycles. The van der Waals surface area contributed by atoms with Crippen LogP contribution >= 0.6 is 23.4 Å². The van der Waals surface area contributed by atoms with Gasteiger partial charge in [0, 0.05) is 21.5 Å². The number of aromatic nitrogens is 1. The maximum absolute atomic E-state index is 11.8. The van der Waals surface area contributed by atoms with Gasteiger partial charge in [-0.15, -0.1) is 5.10 Å². The first kappa shape index (κ1) is 17.8. The quantitative estimate of drug-likeness (QED) is 0.490. The number of fused-ring (bicyclic) bond motifs is 1. The predicted molar refractivity (Wildman–Crippen MR) is 114 cm³/mol. The Labute approximate surface area is 165 Å². The largest absolute Gasteiger partial charge is 0.354 e. The Hall–Kier alpha value is -2.57. The Bertz CT molecular complexity index is 1060. The minimum atomic E-state index is -0.0864. The molecule has 0 radical (unpaired) electrons. The average molecular weight is 397 g/mol. The fourth-order valence-electron chi connectivity index (χ4n) is 3.00. The normalized spacial score (nSPS) is 18.7. The summed E-state index contributed by atoms with van der Waals surface area (Å²) in [7, 11) is 0. The molecule has 1 fully saturated rings. The van der Waals surface area contributed by atoms with E-state index in [0.29, 0.717) is 10.2 Å². The van der Waals surface area contributed by atoms with Crippen LogP contribution < -0.4 is 5.32 Å². The van der Waals surface area contributed by atoms with Crippen LogP contribution in [0.25, 0.3) is 22.2 Å². The molecule has 5 nitrogen and oxygen atoms in total. The molecular weight excluding hydrogens is 380 g/mol. The minimum Gasteiger partial charge on any atom is -0.354 e. The second kappa shape index (κ2) is 7.58. The van der Waals surface area contributed by atoms with Crippen molar-refractivity contribution in [3.05, 3.63) is 59.1 Å². The monoisotopic (exact) mass is 396 g/mol. The van der Waals surface area contributed by atoms with E-state index in [1.165, 1.54) is 11.8 Å². The zero-order valence-corrected chi connectivity index (χ0v) is 16.1. The highest BCUT2D eigenvalue weighted by molar-refractivity contribution is 8.15. The number of H-pyrrole nitrogens is 1. The van der Waals surface area contributed by atoms with Crippen LogP contribution in [0, 0.1) is 0 Å². The Morgan fingerprint density at radius 1 is 1.19 bits per heavy atom. The number of amidine groups is 1. The van der Waals surface area contributed by atoms with Crippen LogP contribution in [0.3, 0.4) is 0 Å². The van der Waals surface area contributed by atoms with Gasteiger partial charge in [-0.2, -0.15) is 5.10 Å². The third kappa shape index (κ3) is 3.63. The number of hydrogen-bond acceptors (Lipinski definition) is 4. The number of carbonyl (C=O) groups is 1. The zero-order valence-electron chi connectivity index (χ0n) is 14.6. The zero-order chi connectivity index (χ0) is 18.8. The maximum Gasteiger partial charge on any atom is 0.239 e. The van der Waals surface area contributed by atoms with Crippen LogP contribution in [0.2, 0.25) is 5.02 Å². The summed E-state index contributed by atoms with van der Waals surface area (Å²) >= 11 is 7.43. The second-order valence-corrected chi connectivity index (χ2v) is 7.75. The minimum absolute atomic E-state index is 0.00889. The summed E-state index contributed by atoms with van der Waals surface area (Å²) < 4.78 is 0. The van der Waals surface area contributed by atoms with Gasteiger partial charge in [-0.25, -0.2) is 0 Å². The molecule has 4 rings (SSSR count). The van der Waals surface area contributed by atoms with E-state index in [2.05, 4.69) is 20.5 Å². The second-order valence-electron chi connectivity index (χ2n) is 6.12. The van der Waals surface area contributed by atoms with Crippen LogP contribution in [-0.2, 0) is 4.79 Å². The highest BCUT2D eigenvalue weighted by Crippen LogP contribution is 2.30. The first-order valence-electron chi connectivity index (χ1n) is 8.61. The molecule has 27 heavy (non-hydrogen) atoms. The molecule has 0 spiro atoms. The van der Waals surface area contributed by atoms with Gasteiger partial charge >= 0.3 is 0 Å². The van der Waals surface area contributed by atoms with Gasteiger partial charge in [-0.1, -0.05) is 60.6 Å². The van der Waals surface area contributed by atoms with E-state index >= 15 is 0 Å². The Balaban J connectivity index is 1.71. The highest BCUT2D eigenvalue weighted by Gasteiger charge is 2.28. The number of carbonyl (C=O) groups excluding carboxylic acids is 1. The van der Waals surface area contributed by atoms with Gasteiger partial charge < -0.3 is 10.3 Å². The summed E-state index contributed by atoms with van der Waals surface area (Å²) in [6, 6.07) is 15.7. The van der Waals surface area contributed by atoms with E-state index in [4.69, 9.17) is 11.6 Å². The molecule has 1 unspecified atom stereocenters. The summed E-state index contributed by atoms with van der Waals surface area (Å²) in [5.41, 5.74) is 3.93. The Kier molecular flexibility index (Phi) is 5.01. The number of aromatic amines is 1. The number of benzene rings is 2. The molecule has 1 saturated heterocycles. The number of nitrogens with zero attached hydrogens (tertiary/aromatic N) is 2. The number of hydrogen-bond donors (Lipinski definition) is 2. The van der Waals surface area contributed by atoms with Crippen molar-refractivity contribution in [1.82, 2.24) is 10.3 Å². The smallest absolute Gasteiger partial charge is 0.239 e. The van der Waals surface area contributed by atoms with Crippen molar-refractivity contribution < 1.29 is 4.79 Å². The fraction of sp³-hybridized carbons (Fsp3) is 0.150. The third-order valence-corrected chi connectivity index (χ3v) is 5.85. The first-order valence-corrected chi connectivity index (χ1v) is 9.86. The van der Waals surface area contributed by atoms with E-state index in [1.54, 1.807) is 6.21 Å². The standard InChI is InChI=1S/C20H17ClN4OS/c1-2-17-19(26)24-20(27-17)25-22-11-15-14-5-3-4-6-16(14)23-18(15)12-7-9-13(21)10-8-12/h3-11,17,23H,2H2,1H3,(H,24,25,26)/b22-11+. The number of para-hydroxylation sites is 1. The van der Waals surface area contributed by atoms with Crippen LogP contribution in [0.1, 0.15) is 18.9 Å². The lowest BCUT2D eigenvalue weighted by atomic mass is 10.1. The number of rotatable bonds is 4. The van der Waals surface area contributed by atoms with Gasteiger partial charge in [-0.3, -0.25) is 4.79 Å². The van der Waals surface area contributed by atoms with Crippen molar-refractivity contribution in [3.63, 3.8) is 0 Å². The number of halogens is 1. The van der Waals surface area contributed by atoms with E-state index in [-0.39, 0.29) is 11.2 Å². The molecule has 1 aliphatic heterocycles. The summed E-state index contributed by atoms with van der Waals surface area (Å²) in [6.07, 6.45) is 2.49. The molecule has 3 aromatic rings. The third-order valence-electron chi connectivity index (χ3n) is 4.36. The molecule has 1 aromatic heterocycles. The summed E-state index contributed by atoms with van der Waals surface area (Å²) in [5.74, 6) is -0.00889. The molecule has 0 saturated carbocycles. The lowest BCUT2D eigenvalue weighted by molar-refractivity contribution is -0.118. The Morgan fingerprint density at radius 3 is 2.70 bits per heavy atom. The van der Waals surface area contributed by atoms with Crippen molar-refractivity contribution in [3.8, 4) is 11.3 Å². The molecule has 1 atom stereocenters. The maximum atomic E-state index is 11.8. The van der Waals surface area contributed by atoms with E-state index in [1.807, 2.05) is 55.5 Å². The first-order chi connectivity index (χ1) is 13.2. The van der Waals surface area contributed by atoms with Crippen LogP contribution in [-0.4, -0.2) is 27.5 Å². The Morgan fingerprint density at radius 2 is 1.96 bits per heavy atom. The van der Waals surface area contributed by atoms with Crippen molar-refractivity contribution in [2.45, 2.75) is 18.6 Å². The highest BCUT2D eigenvalue weighted by atomic mass is 35.5. The van der Waals surface area contributed by atoms with Gasteiger partial charge in [0.25, 0.3) is 0 Å². The molecule has 2 N–H and O–H groups in total. The lowest BCUT2D eigenvalue weighted by Crippen LogP contribution is -2.24. The van der Waals surface area contributed by atoms with Crippen molar-refractivity contribution in [2.24, 2.45) is 10.2 Å². The topological polar surface area (TPSA) is 69.6 Å². The molecule has 136 valence electrons.